The molecule has 4 heterocycles. The number of thiophene rings is 1. The molecule has 150 valence electrons. The zero-order valence-corrected chi connectivity index (χ0v) is 17.5. The lowest BCUT2D eigenvalue weighted by Crippen LogP contribution is -2.48. The number of rotatable bonds is 5. The Labute approximate surface area is 177 Å². The van der Waals surface area contributed by atoms with Crippen molar-refractivity contribution >= 4 is 28.6 Å². The smallest absolute Gasteiger partial charge is 0.231 e. The van der Waals surface area contributed by atoms with Crippen molar-refractivity contribution in [1.82, 2.24) is 14.8 Å². The van der Waals surface area contributed by atoms with Crippen LogP contribution in [0, 0.1) is 0 Å². The van der Waals surface area contributed by atoms with Gasteiger partial charge in [0.2, 0.25) is 12.7 Å². The summed E-state index contributed by atoms with van der Waals surface area (Å²) in [4.78, 5) is 22.8. The molecule has 0 saturated carbocycles. The van der Waals surface area contributed by atoms with Crippen LogP contribution in [0.4, 0.5) is 0 Å². The van der Waals surface area contributed by atoms with E-state index in [-0.39, 0.29) is 5.91 Å². The molecule has 0 atom stereocenters. The Hall–Kier alpha value is -2.42. The number of aromatic nitrogens is 1. The molecule has 8 heteroatoms. The average molecular weight is 428 g/mol. The molecule has 1 saturated heterocycles. The highest BCUT2D eigenvalue weighted by atomic mass is 32.1. The first-order valence-electron chi connectivity index (χ1n) is 9.61. The minimum atomic E-state index is 0.163. The molecule has 0 N–H and O–H groups in total. The molecule has 0 bridgehead atoms. The van der Waals surface area contributed by atoms with E-state index >= 15 is 0 Å². The van der Waals surface area contributed by atoms with Crippen LogP contribution in [0.25, 0.3) is 9.88 Å². The minimum Gasteiger partial charge on any atom is -0.454 e. The van der Waals surface area contributed by atoms with Crippen LogP contribution in [0.5, 0.6) is 11.5 Å². The van der Waals surface area contributed by atoms with Gasteiger partial charge in [0, 0.05) is 38.1 Å². The van der Waals surface area contributed by atoms with Gasteiger partial charge in [-0.3, -0.25) is 9.69 Å². The topological polar surface area (TPSA) is 54.9 Å². The standard InChI is InChI=1S/C21H21N3O3S2/c25-20(11-16-13-29-21(22-16)19-2-1-9-28-19)24-7-5-23(6-8-24)12-15-3-4-17-18(10-15)27-14-26-17/h1-4,9-10,13H,5-8,11-12,14H2. The summed E-state index contributed by atoms with van der Waals surface area (Å²) in [6, 6.07) is 10.2. The zero-order chi connectivity index (χ0) is 19.6. The summed E-state index contributed by atoms with van der Waals surface area (Å²) in [6.45, 7) is 4.41. The van der Waals surface area contributed by atoms with Crippen LogP contribution in [0.15, 0.2) is 41.1 Å². The average Bonchev–Trinajstić information content (AvgIpc) is 3.49. The molecule has 0 spiro atoms. The SMILES string of the molecule is O=C(Cc1csc(-c2cccs2)n1)N1CCN(Cc2ccc3c(c2)OCO3)CC1. The van der Waals surface area contributed by atoms with E-state index in [9.17, 15) is 4.79 Å². The molecule has 2 aromatic heterocycles. The summed E-state index contributed by atoms with van der Waals surface area (Å²) in [6.07, 6.45) is 0.379. The largest absolute Gasteiger partial charge is 0.454 e. The predicted molar refractivity (Wildman–Crippen MR) is 114 cm³/mol. The number of thiazole rings is 1. The number of benzene rings is 1. The second-order valence-corrected chi connectivity index (χ2v) is 8.95. The lowest BCUT2D eigenvalue weighted by Gasteiger charge is -2.34. The van der Waals surface area contributed by atoms with E-state index in [1.807, 2.05) is 33.9 Å². The van der Waals surface area contributed by atoms with E-state index in [0.29, 0.717) is 13.2 Å². The molecule has 1 fully saturated rings. The number of hydrogen-bond donors (Lipinski definition) is 0. The summed E-state index contributed by atoms with van der Waals surface area (Å²) in [5.74, 6) is 1.80. The molecule has 6 nitrogen and oxygen atoms in total. The number of carbonyl (C=O) groups is 1. The third-order valence-corrected chi connectivity index (χ3v) is 7.11. The molecule has 29 heavy (non-hydrogen) atoms. The molecule has 1 aromatic carbocycles. The number of fused-ring (bicyclic) bond motifs is 1. The summed E-state index contributed by atoms with van der Waals surface area (Å²) in [7, 11) is 0. The number of carbonyl (C=O) groups excluding carboxylic acids is 1. The summed E-state index contributed by atoms with van der Waals surface area (Å²) >= 11 is 3.28. The van der Waals surface area contributed by atoms with Crippen molar-refractivity contribution in [2.24, 2.45) is 0 Å². The Morgan fingerprint density at radius 2 is 1.93 bits per heavy atom. The van der Waals surface area contributed by atoms with Crippen molar-refractivity contribution in [2.75, 3.05) is 33.0 Å². The highest BCUT2D eigenvalue weighted by Crippen LogP contribution is 2.33. The van der Waals surface area contributed by atoms with E-state index in [2.05, 4.69) is 22.0 Å². The molecule has 3 aromatic rings. The van der Waals surface area contributed by atoms with Gasteiger partial charge < -0.3 is 14.4 Å². The van der Waals surface area contributed by atoms with Crippen LogP contribution in [-0.2, 0) is 17.8 Å². The number of ether oxygens (including phenoxy) is 2. The third-order valence-electron chi connectivity index (χ3n) is 5.18. The number of nitrogens with zero attached hydrogens (tertiary/aromatic N) is 3. The van der Waals surface area contributed by atoms with E-state index < -0.39 is 0 Å². The second-order valence-electron chi connectivity index (χ2n) is 7.14. The highest BCUT2D eigenvalue weighted by Gasteiger charge is 2.23. The number of piperazine rings is 1. The Morgan fingerprint density at radius 3 is 2.76 bits per heavy atom. The van der Waals surface area contributed by atoms with Crippen molar-refractivity contribution in [1.29, 1.82) is 0 Å². The molecule has 0 radical (unpaired) electrons. The predicted octanol–water partition coefficient (Wildman–Crippen LogP) is 3.49. The fraction of sp³-hybridized carbons (Fsp3) is 0.333. The van der Waals surface area contributed by atoms with Crippen LogP contribution >= 0.6 is 22.7 Å². The van der Waals surface area contributed by atoms with Gasteiger partial charge in [0.1, 0.15) is 5.01 Å². The summed E-state index contributed by atoms with van der Waals surface area (Å²) < 4.78 is 10.8. The van der Waals surface area contributed by atoms with Gasteiger partial charge in [-0.15, -0.1) is 22.7 Å². The Bertz CT molecular complexity index is 995. The van der Waals surface area contributed by atoms with Crippen molar-refractivity contribution in [2.45, 2.75) is 13.0 Å². The summed E-state index contributed by atoms with van der Waals surface area (Å²) in [5.41, 5.74) is 2.07. The van der Waals surface area contributed by atoms with E-state index in [0.717, 1.165) is 59.8 Å². The zero-order valence-electron chi connectivity index (χ0n) is 15.9. The van der Waals surface area contributed by atoms with Gasteiger partial charge in [-0.2, -0.15) is 0 Å². The maximum atomic E-state index is 12.7. The molecule has 1 amide bonds. The number of hydrogen-bond acceptors (Lipinski definition) is 7. The van der Waals surface area contributed by atoms with E-state index in [1.165, 1.54) is 5.56 Å². The van der Waals surface area contributed by atoms with Gasteiger partial charge in [0.15, 0.2) is 11.5 Å². The van der Waals surface area contributed by atoms with Crippen LogP contribution in [0.3, 0.4) is 0 Å². The third kappa shape index (κ3) is 4.14. The molecular formula is C21H21N3O3S2. The quantitative estimate of drug-likeness (QED) is 0.624. The van der Waals surface area contributed by atoms with Crippen LogP contribution in [0.1, 0.15) is 11.3 Å². The van der Waals surface area contributed by atoms with Gasteiger partial charge in [-0.1, -0.05) is 12.1 Å². The lowest BCUT2D eigenvalue weighted by atomic mass is 10.1. The molecule has 0 aliphatic carbocycles. The van der Waals surface area contributed by atoms with Crippen molar-refractivity contribution < 1.29 is 14.3 Å². The van der Waals surface area contributed by atoms with Crippen LogP contribution in [-0.4, -0.2) is 53.7 Å². The molecular weight excluding hydrogens is 406 g/mol. The number of amides is 1. The summed E-state index contributed by atoms with van der Waals surface area (Å²) in [5, 5.41) is 5.05. The van der Waals surface area contributed by atoms with Crippen molar-refractivity contribution in [3.8, 4) is 21.4 Å². The molecule has 0 unspecified atom stereocenters. The van der Waals surface area contributed by atoms with E-state index in [4.69, 9.17) is 9.47 Å². The van der Waals surface area contributed by atoms with Gasteiger partial charge >= 0.3 is 0 Å². The Morgan fingerprint density at radius 1 is 1.07 bits per heavy atom. The highest BCUT2D eigenvalue weighted by molar-refractivity contribution is 7.20. The first-order valence-corrected chi connectivity index (χ1v) is 11.4. The van der Waals surface area contributed by atoms with Crippen LogP contribution < -0.4 is 9.47 Å². The first kappa shape index (κ1) is 18.6. The van der Waals surface area contributed by atoms with E-state index in [1.54, 1.807) is 22.7 Å². The molecule has 2 aliphatic heterocycles. The fourth-order valence-electron chi connectivity index (χ4n) is 3.62. The van der Waals surface area contributed by atoms with Gasteiger partial charge in [0.05, 0.1) is 17.0 Å². The van der Waals surface area contributed by atoms with Gasteiger partial charge in [0.25, 0.3) is 0 Å². The Kier molecular flexibility index (Phi) is 5.22. The maximum absolute atomic E-state index is 12.7. The first-order chi connectivity index (χ1) is 14.2. The van der Waals surface area contributed by atoms with Gasteiger partial charge in [-0.05, 0) is 29.1 Å². The second kappa shape index (κ2) is 8.14. The van der Waals surface area contributed by atoms with Gasteiger partial charge in [-0.25, -0.2) is 4.98 Å². The fourth-order valence-corrected chi connectivity index (χ4v) is 5.26. The monoisotopic (exact) mass is 427 g/mol. The normalized spacial score (nSPS) is 16.3. The van der Waals surface area contributed by atoms with Crippen molar-refractivity contribution in [3.05, 3.63) is 52.3 Å². The van der Waals surface area contributed by atoms with Crippen LogP contribution in [0.2, 0.25) is 0 Å². The molecule has 2 aliphatic rings. The molecule has 5 rings (SSSR count). The van der Waals surface area contributed by atoms with Crippen molar-refractivity contribution in [3.63, 3.8) is 0 Å². The lowest BCUT2D eigenvalue weighted by molar-refractivity contribution is -0.132. The minimum absolute atomic E-state index is 0.163. The maximum Gasteiger partial charge on any atom is 0.231 e. The Balaban J connectivity index is 1.13.